The van der Waals surface area contributed by atoms with Crippen molar-refractivity contribution in [2.24, 2.45) is 0 Å². The van der Waals surface area contributed by atoms with Crippen molar-refractivity contribution in [1.29, 1.82) is 0 Å². The number of benzene rings is 2. The molecule has 0 unspecified atom stereocenters. The largest absolute Gasteiger partial charge is 3.00 e. The fraction of sp³-hybridized carbons (Fsp3) is 0.424. The van der Waals surface area contributed by atoms with Crippen molar-refractivity contribution >= 4 is 37.7 Å². The minimum Gasteiger partial charge on any atom is -0.343 e. The first-order valence-electron chi connectivity index (χ1n) is 13.3. The van der Waals surface area contributed by atoms with Crippen LogP contribution >= 0.6 is 0 Å². The zero-order valence-corrected chi connectivity index (χ0v) is 29.6. The van der Waals surface area contributed by atoms with Crippen molar-refractivity contribution in [3.8, 4) is 0 Å². The average molecular weight is 591 g/mol. The zero-order chi connectivity index (χ0) is 26.4. The van der Waals surface area contributed by atoms with E-state index in [1.54, 1.807) is 0 Å². The third-order valence-electron chi connectivity index (χ3n) is 7.33. The summed E-state index contributed by atoms with van der Waals surface area (Å²) in [7, 11) is -1.85. The Hall–Kier alpha value is -0.802. The molecule has 0 nitrogen and oxygen atoms in total. The Kier molecular flexibility index (Phi) is 13.3. The Morgan fingerprint density at radius 1 is 0.639 bits per heavy atom. The molecule has 0 saturated heterocycles. The van der Waals surface area contributed by atoms with E-state index in [4.69, 9.17) is 0 Å². The normalized spacial score (nSPS) is 11.6. The molecule has 0 aliphatic carbocycles. The molecule has 192 valence electrons. The van der Waals surface area contributed by atoms with Gasteiger partial charge in [0.2, 0.25) is 0 Å². The molecule has 0 atom stereocenters. The van der Waals surface area contributed by atoms with Gasteiger partial charge < -0.3 is 6.92 Å². The van der Waals surface area contributed by atoms with Crippen LogP contribution in [-0.4, -0.2) is 16.1 Å². The molecule has 0 aromatic heterocycles. The van der Waals surface area contributed by atoms with Crippen LogP contribution in [-0.2, 0) is 32.7 Å². The van der Waals surface area contributed by atoms with Crippen molar-refractivity contribution in [2.45, 2.75) is 91.4 Å². The van der Waals surface area contributed by atoms with E-state index in [0.717, 1.165) is 11.6 Å². The van der Waals surface area contributed by atoms with Gasteiger partial charge in [0.15, 0.2) is 0 Å². The molecule has 0 fully saturated rings. The Labute approximate surface area is 249 Å². The van der Waals surface area contributed by atoms with E-state index in [0.29, 0.717) is 0 Å². The van der Waals surface area contributed by atoms with Gasteiger partial charge in [0.1, 0.15) is 0 Å². The van der Waals surface area contributed by atoms with Gasteiger partial charge in [-0.15, -0.1) is 56.9 Å². The van der Waals surface area contributed by atoms with Crippen LogP contribution in [0.25, 0.3) is 21.5 Å². The van der Waals surface area contributed by atoms with E-state index in [9.17, 15) is 0 Å². The Bertz CT molecular complexity index is 1030. The summed E-state index contributed by atoms with van der Waals surface area (Å²) < 4.78 is 0. The summed E-state index contributed by atoms with van der Waals surface area (Å²) in [6.07, 6.45) is 3.89. The number of hydrogen-bond acceptors (Lipinski definition) is 0. The molecule has 0 saturated carbocycles. The fourth-order valence-electron chi connectivity index (χ4n) is 5.59. The zero-order valence-electron chi connectivity index (χ0n) is 24.8. The first kappa shape index (κ1) is 33.2. The van der Waals surface area contributed by atoms with Gasteiger partial charge in [-0.05, 0) is 13.8 Å². The monoisotopic (exact) mass is 590 g/mol. The summed E-state index contributed by atoms with van der Waals surface area (Å²) >= 11 is 0. The maximum Gasteiger partial charge on any atom is 3.00 e. The molecule has 0 heterocycles. The second-order valence-corrected chi connectivity index (χ2v) is 23.8. The van der Waals surface area contributed by atoms with Crippen molar-refractivity contribution < 1.29 is 32.7 Å². The van der Waals surface area contributed by atoms with Crippen LogP contribution in [0.4, 0.5) is 0 Å². The van der Waals surface area contributed by atoms with Crippen LogP contribution < -0.4 is 0 Å². The van der Waals surface area contributed by atoms with Crippen LogP contribution in [0.5, 0.6) is 0 Å². The van der Waals surface area contributed by atoms with E-state index in [1.165, 1.54) is 56.6 Å². The molecule has 0 aliphatic rings. The molecule has 0 amide bonds. The van der Waals surface area contributed by atoms with Crippen LogP contribution in [0.15, 0.2) is 60.7 Å². The predicted octanol–water partition coefficient (Wildman–Crippen LogP) is 10.9. The SMILES string of the molecule is Cc1ccc(C)c2[cH-]ccc12.Cc1ccc(C)c2[cH-]ccc12.[CH2-]CCCC([Si](C)(C)C)[Si](C)(C)C.[Y+3]. The predicted molar refractivity (Wildman–Crippen MR) is 168 cm³/mol. The summed E-state index contributed by atoms with van der Waals surface area (Å²) in [6, 6.07) is 21.7. The third kappa shape index (κ3) is 9.19. The molecule has 0 spiro atoms. The molecular weight excluding hydrogens is 541 g/mol. The molecule has 0 radical (unpaired) electrons. The number of rotatable bonds is 5. The Balaban J connectivity index is 0.000000267. The standard InChI is InChI=1S/C11H27Si2.2C11H11.Y/c1-8-9-10-11(12(2,3)4)13(5,6)7;2*1-8-6-7-9(2)11-5-3-4-10(8)11;/h11H,1,8-10H2,2-7H3;2*3-7H,1-2H3;/q3*-1;+3. The first-order valence-corrected chi connectivity index (χ1v) is 20.4. The van der Waals surface area contributed by atoms with Gasteiger partial charge >= 0.3 is 32.7 Å². The van der Waals surface area contributed by atoms with E-state index in [2.05, 4.69) is 135 Å². The second kappa shape index (κ2) is 14.4. The number of unbranched alkanes of at least 4 members (excludes halogenated alkanes) is 1. The fourth-order valence-corrected chi connectivity index (χ4v) is 18.1. The molecule has 3 heteroatoms. The maximum atomic E-state index is 3.95. The second-order valence-electron chi connectivity index (χ2n) is 12.4. The maximum absolute atomic E-state index is 3.95. The molecule has 4 rings (SSSR count). The molecule has 36 heavy (non-hydrogen) atoms. The van der Waals surface area contributed by atoms with Crippen LogP contribution in [0.3, 0.4) is 0 Å². The first-order chi connectivity index (χ1) is 16.3. The average Bonchev–Trinajstić information content (AvgIpc) is 3.44. The minimum atomic E-state index is -0.925. The van der Waals surface area contributed by atoms with E-state index < -0.39 is 16.1 Å². The van der Waals surface area contributed by atoms with Gasteiger partial charge in [0, 0.05) is 16.1 Å². The van der Waals surface area contributed by atoms with Crippen LogP contribution in [0, 0.1) is 34.6 Å². The van der Waals surface area contributed by atoms with Crippen molar-refractivity contribution in [1.82, 2.24) is 0 Å². The number of fused-ring (bicyclic) bond motifs is 2. The van der Waals surface area contributed by atoms with Gasteiger partial charge in [-0.2, -0.15) is 30.7 Å². The Morgan fingerprint density at radius 3 is 1.31 bits per heavy atom. The van der Waals surface area contributed by atoms with E-state index in [1.807, 2.05) is 0 Å². The van der Waals surface area contributed by atoms with Gasteiger partial charge in [0.05, 0.1) is 0 Å². The molecule has 4 aromatic carbocycles. The summed E-state index contributed by atoms with van der Waals surface area (Å²) in [5.74, 6) is 0. The van der Waals surface area contributed by atoms with Crippen molar-refractivity contribution in [3.05, 3.63) is 89.8 Å². The van der Waals surface area contributed by atoms with E-state index in [-0.39, 0.29) is 32.7 Å². The summed E-state index contributed by atoms with van der Waals surface area (Å²) in [5, 5.41) is 6.65. The quantitative estimate of drug-likeness (QED) is 0.160. The number of aryl methyl sites for hydroxylation is 4. The molecule has 0 aliphatic heterocycles. The van der Waals surface area contributed by atoms with Gasteiger partial charge in [-0.25, -0.2) is 0 Å². The summed E-state index contributed by atoms with van der Waals surface area (Å²) in [4.78, 5) is 0. The van der Waals surface area contributed by atoms with Crippen molar-refractivity contribution in [2.75, 3.05) is 0 Å². The topological polar surface area (TPSA) is 0 Å². The van der Waals surface area contributed by atoms with Gasteiger partial charge in [-0.3, -0.25) is 0 Å². The smallest absolute Gasteiger partial charge is 0.343 e. The number of hydrogen-bond donors (Lipinski definition) is 0. The summed E-state index contributed by atoms with van der Waals surface area (Å²) in [5.41, 5.74) is 5.48. The molecule has 0 bridgehead atoms. The Morgan fingerprint density at radius 2 is 1.00 bits per heavy atom. The molecular formula is C33H49Si2Y. The van der Waals surface area contributed by atoms with Gasteiger partial charge in [0.25, 0.3) is 0 Å². The van der Waals surface area contributed by atoms with Gasteiger partial charge in [-0.1, -0.05) is 94.4 Å². The molecule has 0 N–H and O–H groups in total. The van der Waals surface area contributed by atoms with Crippen LogP contribution in [0.1, 0.15) is 41.5 Å². The molecule has 4 aromatic rings. The van der Waals surface area contributed by atoms with Crippen molar-refractivity contribution in [3.63, 3.8) is 0 Å². The minimum absolute atomic E-state index is 0. The third-order valence-corrected chi connectivity index (χ3v) is 17.3. The van der Waals surface area contributed by atoms with Crippen LogP contribution in [0.2, 0.25) is 44.4 Å². The summed E-state index contributed by atoms with van der Waals surface area (Å²) in [6.45, 7) is 27.7. The van der Waals surface area contributed by atoms with E-state index >= 15 is 0 Å².